The molecule has 9 aliphatic heterocycles. The Balaban J connectivity index is 1.01. The van der Waals surface area contributed by atoms with E-state index in [4.69, 9.17) is 80.5 Å². The average molecular weight is 1560 g/mol. The Bertz CT molecular complexity index is 2710. The molecule has 9 fully saturated rings. The lowest BCUT2D eigenvalue weighted by Gasteiger charge is -2.51. The van der Waals surface area contributed by atoms with E-state index in [9.17, 15) is 147 Å². The van der Waals surface area contributed by atoms with Crippen LogP contribution in [0.3, 0.4) is 0 Å². The molecule has 0 aromatic carbocycles. The Morgan fingerprint density at radius 1 is 0.245 bits per heavy atom. The summed E-state index contributed by atoms with van der Waals surface area (Å²) >= 11 is 0. The summed E-state index contributed by atoms with van der Waals surface area (Å²) in [5, 5.41) is 300. The van der Waals surface area contributed by atoms with Crippen molar-refractivity contribution in [1.29, 1.82) is 0 Å². The molecule has 0 aliphatic carbocycles. The molecule has 0 bridgehead atoms. The molecule has 48 nitrogen and oxygen atoms in total. The number of carbonyl (C=O) groups is 2. The van der Waals surface area contributed by atoms with Crippen LogP contribution in [0, 0.1) is 0 Å². The summed E-state index contributed by atoms with van der Waals surface area (Å²) in [6.07, 6.45) is -89.8. The number of ether oxygens (including phenoxy) is 17. The van der Waals surface area contributed by atoms with E-state index in [0.717, 1.165) is 13.8 Å². The molecule has 0 unspecified atom stereocenters. The van der Waals surface area contributed by atoms with Crippen LogP contribution < -0.4 is 10.6 Å². The second-order valence-corrected chi connectivity index (χ2v) is 26.7. The van der Waals surface area contributed by atoms with Gasteiger partial charge in [0.05, 0.1) is 59.5 Å². The molecule has 9 saturated heterocycles. The zero-order valence-corrected chi connectivity index (χ0v) is 56.2. The molecule has 29 N–H and O–H groups in total. The summed E-state index contributed by atoms with van der Waals surface area (Å²) in [6.45, 7) is -7.60. The third kappa shape index (κ3) is 18.7. The van der Waals surface area contributed by atoms with Crippen LogP contribution in [0.15, 0.2) is 0 Å². The first kappa shape index (κ1) is 87.2. The molecule has 45 atom stereocenters. The lowest BCUT2D eigenvalue weighted by Crippen LogP contribution is -2.70. The Hall–Kier alpha value is -2.82. The number of amides is 2. The standard InChI is InChI=1S/C58H98N2O46/c1-12(68)59-23-32(77)44(19(8-66)92-50(23)89)101-51-24(60-13(2)69)33(78)45(20(9-67)98-51)102-55-43(88)46(103-57-49(39(84)29(74)17(6-64)96-57)106-58-48(38(83)28(73)18(7-65)97-58)105-54-42(87)35(80)26(71)15(4-62)94-54)31(76)22(100-55)11-90-52-40(85)36(81)30(75)21(99-52)10-91-56-47(37(82)27(72)16(5-63)95-56)104-53-41(86)34(79)25(70)14(3-61)93-53/h14-58,61-67,70-89H,3-11H2,1-2H3,(H,59,68)(H,60,69)/t14-,15-,16-,17-,18-,19-,20-,21-,22-,23-,24-,25-,26-,27-,28-,29-,30-,31-,32-,33-,34+,35+,36+,37+,38+,39+,40+,41+,42+,43+,44-,45-,46+,47+,48+,49+,50-,51+,52+,53-,54-,55+,56+,57-,58-/m1/s1. The first-order valence-corrected chi connectivity index (χ1v) is 33.7. The predicted octanol–water partition coefficient (Wildman–Crippen LogP) is -20.3. The minimum absolute atomic E-state index is 0.782. The van der Waals surface area contributed by atoms with Crippen LogP contribution in [0.1, 0.15) is 13.8 Å². The van der Waals surface area contributed by atoms with Crippen molar-refractivity contribution < 1.29 is 228 Å². The molecule has 0 spiro atoms. The summed E-state index contributed by atoms with van der Waals surface area (Å²) in [4.78, 5) is 25.0. The molecule has 2 amide bonds. The minimum Gasteiger partial charge on any atom is -0.394 e. The maximum Gasteiger partial charge on any atom is 0.217 e. The first-order valence-electron chi connectivity index (χ1n) is 33.7. The van der Waals surface area contributed by atoms with Gasteiger partial charge in [0.1, 0.15) is 220 Å². The summed E-state index contributed by atoms with van der Waals surface area (Å²) in [7, 11) is 0. The van der Waals surface area contributed by atoms with Crippen LogP contribution in [-0.4, -0.2) is 485 Å². The van der Waals surface area contributed by atoms with Crippen molar-refractivity contribution in [2.45, 2.75) is 290 Å². The van der Waals surface area contributed by atoms with Gasteiger partial charge in [-0.1, -0.05) is 0 Å². The van der Waals surface area contributed by atoms with Crippen LogP contribution in [0.25, 0.3) is 0 Å². The molecule has 9 aliphatic rings. The third-order valence-electron chi connectivity index (χ3n) is 19.5. The molecular weight excluding hydrogens is 1460 g/mol. The van der Waals surface area contributed by atoms with Crippen molar-refractivity contribution in [1.82, 2.24) is 10.6 Å². The predicted molar refractivity (Wildman–Crippen MR) is 320 cm³/mol. The van der Waals surface area contributed by atoms with E-state index in [1.165, 1.54) is 0 Å². The van der Waals surface area contributed by atoms with Gasteiger partial charge in [0.15, 0.2) is 56.6 Å². The topological polar surface area (TPSA) is 761 Å². The largest absolute Gasteiger partial charge is 0.394 e. The van der Waals surface area contributed by atoms with E-state index in [-0.39, 0.29) is 0 Å². The molecule has 9 rings (SSSR count). The second kappa shape index (κ2) is 37.9. The maximum atomic E-state index is 12.9. The van der Waals surface area contributed by atoms with Crippen molar-refractivity contribution >= 4 is 11.8 Å². The van der Waals surface area contributed by atoms with E-state index in [0.29, 0.717) is 0 Å². The van der Waals surface area contributed by atoms with Crippen molar-refractivity contribution in [3.8, 4) is 0 Å². The zero-order chi connectivity index (χ0) is 77.9. The number of aliphatic hydroxyl groups is 27. The Labute approximate surface area is 598 Å². The number of hydrogen-bond donors (Lipinski definition) is 29. The first-order chi connectivity index (χ1) is 50.2. The van der Waals surface area contributed by atoms with Crippen LogP contribution in [0.4, 0.5) is 0 Å². The van der Waals surface area contributed by atoms with Crippen LogP contribution in [-0.2, 0) is 90.1 Å². The van der Waals surface area contributed by atoms with E-state index in [1.807, 2.05) is 0 Å². The van der Waals surface area contributed by atoms with Gasteiger partial charge in [-0.2, -0.15) is 0 Å². The highest BCUT2D eigenvalue weighted by Crippen LogP contribution is 2.39. The molecule has 0 aromatic heterocycles. The number of rotatable bonds is 27. The Morgan fingerprint density at radius 2 is 0.519 bits per heavy atom. The third-order valence-corrected chi connectivity index (χ3v) is 19.5. The summed E-state index contributed by atoms with van der Waals surface area (Å²) in [5.74, 6) is -1.72. The van der Waals surface area contributed by atoms with Gasteiger partial charge in [0.2, 0.25) is 11.8 Å². The van der Waals surface area contributed by atoms with E-state index < -0.39 is 348 Å². The Morgan fingerprint density at radius 3 is 0.953 bits per heavy atom. The summed E-state index contributed by atoms with van der Waals surface area (Å²) < 4.78 is 98.7. The van der Waals surface area contributed by atoms with E-state index in [2.05, 4.69) is 10.6 Å². The van der Waals surface area contributed by atoms with Crippen LogP contribution in [0.2, 0.25) is 0 Å². The highest BCUT2D eigenvalue weighted by atomic mass is 16.8. The van der Waals surface area contributed by atoms with E-state index >= 15 is 0 Å². The summed E-state index contributed by atoms with van der Waals surface area (Å²) in [5.41, 5.74) is 0. The van der Waals surface area contributed by atoms with Crippen molar-refractivity contribution in [3.63, 3.8) is 0 Å². The molecule has 0 saturated carbocycles. The van der Waals surface area contributed by atoms with Gasteiger partial charge in [-0.15, -0.1) is 0 Å². The normalized spacial score (nSPS) is 51.2. The number of nitrogens with one attached hydrogen (secondary N) is 2. The van der Waals surface area contributed by atoms with Crippen molar-refractivity contribution in [2.24, 2.45) is 0 Å². The van der Waals surface area contributed by atoms with Gasteiger partial charge in [-0.3, -0.25) is 9.59 Å². The van der Waals surface area contributed by atoms with Gasteiger partial charge >= 0.3 is 0 Å². The number of aliphatic hydroxyl groups excluding tert-OH is 27. The fraction of sp³-hybridized carbons (Fsp3) is 0.966. The highest BCUT2D eigenvalue weighted by molar-refractivity contribution is 5.73. The van der Waals surface area contributed by atoms with Gasteiger partial charge in [-0.05, 0) is 0 Å². The number of hydrogen-bond acceptors (Lipinski definition) is 46. The molecular formula is C58H98N2O46. The number of carbonyl (C=O) groups excluding carboxylic acids is 2. The minimum atomic E-state index is -2.55. The van der Waals surface area contributed by atoms with Crippen LogP contribution in [0.5, 0.6) is 0 Å². The van der Waals surface area contributed by atoms with Gasteiger partial charge < -0.3 is 229 Å². The molecule has 106 heavy (non-hydrogen) atoms. The van der Waals surface area contributed by atoms with Gasteiger partial charge in [0, 0.05) is 13.8 Å². The highest BCUT2D eigenvalue weighted by Gasteiger charge is 2.60. The second-order valence-electron chi connectivity index (χ2n) is 26.7. The van der Waals surface area contributed by atoms with Gasteiger partial charge in [0.25, 0.3) is 0 Å². The van der Waals surface area contributed by atoms with Crippen molar-refractivity contribution in [2.75, 3.05) is 59.5 Å². The fourth-order valence-electron chi connectivity index (χ4n) is 13.5. The lowest BCUT2D eigenvalue weighted by atomic mass is 9.94. The lowest BCUT2D eigenvalue weighted by molar-refractivity contribution is -0.407. The molecule has 0 aromatic rings. The SMILES string of the molecule is CC(=O)N[C@@H]1[C@@H](O)[C@H](O[C@@H]2O[C@H](CO)[C@@H](O[C@@H]3O[C@H](CO[C@H]4O[C@H](CO[C@H]5O[C@H](CO)[C@@H](O)[C@H](O)[C@@H]5O[C@H]5O[C@H](CO)[C@@H](O)[C@H](O)[C@@H]5O)[C@@H](O)[C@H](O)[C@@H]4O)[C@@H](O)[C@H](O[C@H]4O[C@H](CO)[C@@H](O)[C@H](O)[C@@H]4O[C@H]4O[C@H](CO)[C@@H](O)[C@H](O)[C@@H]4O[C@H]4O[C@H](CO)[C@@H](O)[C@H](O)[C@@H]4O)[C@@H]3O)[C@H](O)[C@H]2NC(C)=O)[C@@H](CO)O[C@H]1O. The molecule has 616 valence electrons. The van der Waals surface area contributed by atoms with Crippen molar-refractivity contribution in [3.05, 3.63) is 0 Å². The fourth-order valence-corrected chi connectivity index (χ4v) is 13.5. The maximum absolute atomic E-state index is 12.9. The zero-order valence-electron chi connectivity index (χ0n) is 56.2. The quantitative estimate of drug-likeness (QED) is 0.0363. The molecule has 0 radical (unpaired) electrons. The van der Waals surface area contributed by atoms with E-state index in [1.54, 1.807) is 0 Å². The molecule has 48 heteroatoms. The monoisotopic (exact) mass is 1560 g/mol. The molecule has 9 heterocycles. The van der Waals surface area contributed by atoms with Crippen LogP contribution >= 0.6 is 0 Å². The smallest absolute Gasteiger partial charge is 0.217 e. The average Bonchev–Trinajstić information content (AvgIpc) is 0.771. The Kier molecular flexibility index (Phi) is 31.1. The van der Waals surface area contributed by atoms with Gasteiger partial charge in [-0.25, -0.2) is 0 Å². The summed E-state index contributed by atoms with van der Waals surface area (Å²) in [6, 6.07) is -3.54.